The van der Waals surface area contributed by atoms with Crippen molar-refractivity contribution in [3.8, 4) is 11.5 Å². The predicted octanol–water partition coefficient (Wildman–Crippen LogP) is 0.183. The van der Waals surface area contributed by atoms with E-state index in [9.17, 15) is 5.21 Å². The van der Waals surface area contributed by atoms with Gasteiger partial charge in [-0.1, -0.05) is 35.5 Å². The van der Waals surface area contributed by atoms with Gasteiger partial charge in [0.05, 0.1) is 41.9 Å². The fourth-order valence-electron chi connectivity index (χ4n) is 2.67. The van der Waals surface area contributed by atoms with Crippen molar-refractivity contribution in [2.24, 2.45) is 5.16 Å². The number of nitrogens with zero attached hydrogens (tertiary/aromatic N) is 2. The lowest BCUT2D eigenvalue weighted by atomic mass is 9.95. The molecule has 0 aromatic heterocycles. The van der Waals surface area contributed by atoms with Gasteiger partial charge in [0.1, 0.15) is 5.71 Å². The van der Waals surface area contributed by atoms with Gasteiger partial charge in [0, 0.05) is 17.5 Å². The van der Waals surface area contributed by atoms with E-state index in [2.05, 4.69) is 26.3 Å². The number of halogens is 1. The normalized spacial score (nSPS) is 11.7. The van der Waals surface area contributed by atoms with Crippen molar-refractivity contribution in [3.63, 3.8) is 0 Å². The van der Waals surface area contributed by atoms with E-state index in [-0.39, 0.29) is 24.0 Å². The van der Waals surface area contributed by atoms with E-state index in [1.807, 2.05) is 42.5 Å². The fourth-order valence-corrected chi connectivity index (χ4v) is 2.67. The average molecular weight is 470 g/mol. The third-order valence-electron chi connectivity index (χ3n) is 4.06. The van der Waals surface area contributed by atoms with E-state index >= 15 is 0 Å². The number of rotatable bonds is 7. The Morgan fingerprint density at radius 3 is 2.08 bits per heavy atom. The SMILES string of the molecule is COc1cc(CC[N+](C)(C)C)c(/C(=N\O)c2ccccc2)cc1OC.[I-]. The summed E-state index contributed by atoms with van der Waals surface area (Å²) < 4.78 is 11.7. The van der Waals surface area contributed by atoms with Crippen LogP contribution in [0.3, 0.4) is 0 Å². The molecule has 2 rings (SSSR count). The van der Waals surface area contributed by atoms with E-state index in [4.69, 9.17) is 9.47 Å². The number of benzene rings is 2. The number of hydrogen-bond acceptors (Lipinski definition) is 4. The van der Waals surface area contributed by atoms with Crippen molar-refractivity contribution in [1.29, 1.82) is 0 Å². The topological polar surface area (TPSA) is 51.0 Å². The van der Waals surface area contributed by atoms with Crippen LogP contribution in [-0.2, 0) is 6.42 Å². The number of likely N-dealkylation sites (N-methyl/N-ethyl adjacent to an activating group) is 1. The van der Waals surface area contributed by atoms with Crippen molar-refractivity contribution < 1.29 is 43.1 Å². The molecule has 0 aliphatic rings. The molecule has 0 spiro atoms. The first-order valence-electron chi connectivity index (χ1n) is 8.23. The highest BCUT2D eigenvalue weighted by atomic mass is 127. The van der Waals surface area contributed by atoms with Crippen LogP contribution in [0.2, 0.25) is 0 Å². The molecule has 0 aliphatic heterocycles. The lowest BCUT2D eigenvalue weighted by Crippen LogP contribution is -3.00. The van der Waals surface area contributed by atoms with Gasteiger partial charge in [-0.25, -0.2) is 0 Å². The molecule has 0 saturated heterocycles. The van der Waals surface area contributed by atoms with Gasteiger partial charge >= 0.3 is 0 Å². The zero-order valence-electron chi connectivity index (χ0n) is 16.0. The standard InChI is InChI=1S/C20H26N2O3.HI/c1-22(2,3)12-11-16-13-18(24-4)19(25-5)14-17(16)20(21-23)15-9-7-6-8-10-15;/h6-10,13-14H,11-12H2,1-5H3;1H/b21-20-;. The molecule has 0 unspecified atom stereocenters. The van der Waals surface area contributed by atoms with Crippen LogP contribution in [0.25, 0.3) is 0 Å². The van der Waals surface area contributed by atoms with Crippen LogP contribution < -0.4 is 33.5 Å². The molecule has 2 aromatic rings. The van der Waals surface area contributed by atoms with Crippen LogP contribution in [0.1, 0.15) is 16.7 Å². The summed E-state index contributed by atoms with van der Waals surface area (Å²) in [6.45, 7) is 0.940. The molecular formula is C20H27IN2O3. The Morgan fingerprint density at radius 1 is 1.00 bits per heavy atom. The van der Waals surface area contributed by atoms with Crippen molar-refractivity contribution in [1.82, 2.24) is 0 Å². The molecule has 0 radical (unpaired) electrons. The van der Waals surface area contributed by atoms with E-state index in [1.165, 1.54) is 0 Å². The van der Waals surface area contributed by atoms with Crippen LogP contribution in [0.4, 0.5) is 0 Å². The first kappa shape index (κ1) is 22.2. The highest BCUT2D eigenvalue weighted by molar-refractivity contribution is 6.13. The molecule has 0 bridgehead atoms. The van der Waals surface area contributed by atoms with Crippen molar-refractivity contribution in [2.45, 2.75) is 6.42 Å². The lowest BCUT2D eigenvalue weighted by molar-refractivity contribution is -0.870. The van der Waals surface area contributed by atoms with Crippen LogP contribution in [0, 0.1) is 0 Å². The minimum Gasteiger partial charge on any atom is -1.00 e. The van der Waals surface area contributed by atoms with Crippen molar-refractivity contribution in [3.05, 3.63) is 59.2 Å². The summed E-state index contributed by atoms with van der Waals surface area (Å²) in [6, 6.07) is 13.5. The van der Waals surface area contributed by atoms with Crippen LogP contribution in [0.15, 0.2) is 47.6 Å². The first-order chi connectivity index (χ1) is 11.9. The molecule has 0 amide bonds. The van der Waals surface area contributed by atoms with Crippen LogP contribution >= 0.6 is 0 Å². The third kappa shape index (κ3) is 5.60. The van der Waals surface area contributed by atoms with Gasteiger partial charge in [0.15, 0.2) is 11.5 Å². The largest absolute Gasteiger partial charge is 1.00 e. The zero-order valence-corrected chi connectivity index (χ0v) is 18.1. The Kier molecular flexibility index (Phi) is 8.36. The Bertz CT molecular complexity index is 741. The lowest BCUT2D eigenvalue weighted by Gasteiger charge is -2.25. The Balaban J connectivity index is 0.00000338. The number of oxime groups is 1. The number of methoxy groups -OCH3 is 2. The maximum absolute atomic E-state index is 9.69. The monoisotopic (exact) mass is 470 g/mol. The first-order valence-corrected chi connectivity index (χ1v) is 8.23. The molecule has 0 saturated carbocycles. The molecule has 6 heteroatoms. The highest BCUT2D eigenvalue weighted by Crippen LogP contribution is 2.32. The van der Waals surface area contributed by atoms with E-state index in [0.29, 0.717) is 17.2 Å². The Hall–Kier alpha value is -1.80. The molecule has 26 heavy (non-hydrogen) atoms. The molecule has 0 fully saturated rings. The summed E-state index contributed by atoms with van der Waals surface area (Å²) in [5.41, 5.74) is 3.28. The van der Waals surface area contributed by atoms with E-state index in [0.717, 1.165) is 34.1 Å². The molecule has 0 atom stereocenters. The maximum atomic E-state index is 9.69. The van der Waals surface area contributed by atoms with Gasteiger partial charge in [0.25, 0.3) is 0 Å². The van der Waals surface area contributed by atoms with E-state index in [1.54, 1.807) is 14.2 Å². The Labute approximate surface area is 172 Å². The predicted molar refractivity (Wildman–Crippen MR) is 100 cm³/mol. The molecule has 2 aromatic carbocycles. The van der Waals surface area contributed by atoms with Gasteiger partial charge in [0.2, 0.25) is 0 Å². The summed E-state index contributed by atoms with van der Waals surface area (Å²) in [6.07, 6.45) is 0.824. The number of quaternary nitrogens is 1. The van der Waals surface area contributed by atoms with Crippen LogP contribution in [-0.4, -0.2) is 57.3 Å². The molecule has 142 valence electrons. The maximum Gasteiger partial charge on any atom is 0.161 e. The summed E-state index contributed by atoms with van der Waals surface area (Å²) >= 11 is 0. The Morgan fingerprint density at radius 2 is 1.58 bits per heavy atom. The summed E-state index contributed by atoms with van der Waals surface area (Å²) in [5.74, 6) is 1.29. The van der Waals surface area contributed by atoms with Gasteiger partial charge < -0.3 is 43.1 Å². The number of hydrogen-bond donors (Lipinski definition) is 1. The molecule has 0 aliphatic carbocycles. The second kappa shape index (κ2) is 9.78. The van der Waals surface area contributed by atoms with Gasteiger partial charge in [-0.05, 0) is 17.7 Å². The molecule has 5 nitrogen and oxygen atoms in total. The molecule has 0 heterocycles. The number of ether oxygens (including phenoxy) is 2. The second-order valence-corrected chi connectivity index (χ2v) is 6.94. The summed E-state index contributed by atoms with van der Waals surface area (Å²) in [5, 5.41) is 13.3. The average Bonchev–Trinajstić information content (AvgIpc) is 2.60. The minimum atomic E-state index is 0. The van der Waals surface area contributed by atoms with Crippen molar-refractivity contribution in [2.75, 3.05) is 41.9 Å². The van der Waals surface area contributed by atoms with E-state index < -0.39 is 0 Å². The zero-order chi connectivity index (χ0) is 18.4. The quantitative estimate of drug-likeness (QED) is 0.207. The third-order valence-corrected chi connectivity index (χ3v) is 4.06. The smallest absolute Gasteiger partial charge is 0.161 e. The summed E-state index contributed by atoms with van der Waals surface area (Å²) in [4.78, 5) is 0. The minimum absolute atomic E-state index is 0. The highest BCUT2D eigenvalue weighted by Gasteiger charge is 2.19. The van der Waals surface area contributed by atoms with Gasteiger partial charge in [-0.15, -0.1) is 0 Å². The fraction of sp³-hybridized carbons (Fsp3) is 0.350. The van der Waals surface area contributed by atoms with Gasteiger partial charge in [-0.2, -0.15) is 0 Å². The molecule has 1 N–H and O–H groups in total. The second-order valence-electron chi connectivity index (χ2n) is 6.94. The molecular weight excluding hydrogens is 443 g/mol. The van der Waals surface area contributed by atoms with Crippen molar-refractivity contribution >= 4 is 5.71 Å². The summed E-state index contributed by atoms with van der Waals surface area (Å²) in [7, 11) is 9.68. The van der Waals surface area contributed by atoms with Gasteiger partial charge in [-0.3, -0.25) is 0 Å². The van der Waals surface area contributed by atoms with Crippen LogP contribution in [0.5, 0.6) is 11.5 Å².